The number of carbonyl (C=O) groups excluding carboxylic acids is 1. The fraction of sp³-hybridized carbons (Fsp3) is 0.417. The molecule has 1 aromatic rings. The van der Waals surface area contributed by atoms with Gasteiger partial charge in [0.25, 0.3) is 0 Å². The third-order valence-corrected chi connectivity index (χ3v) is 3.64. The summed E-state index contributed by atoms with van der Waals surface area (Å²) in [6.07, 6.45) is 2.74. The number of hydrogen-bond donors (Lipinski definition) is 0. The van der Waals surface area contributed by atoms with Crippen LogP contribution in [0.25, 0.3) is 0 Å². The molecule has 0 saturated heterocycles. The minimum absolute atomic E-state index is 0.0167. The van der Waals surface area contributed by atoms with Gasteiger partial charge in [0.2, 0.25) is 6.08 Å². The van der Waals surface area contributed by atoms with Crippen molar-refractivity contribution in [3.63, 3.8) is 0 Å². The van der Waals surface area contributed by atoms with Crippen molar-refractivity contribution in [1.29, 1.82) is 0 Å². The normalized spacial score (nSPS) is 15.8. The average Bonchev–Trinajstić information content (AvgIpc) is 3.09. The molecule has 0 aliphatic heterocycles. The standard InChI is InChI=1S/C12H11BrFNO3/c1-17-8-5-7(13)9(10(14)11(8)18-2)12(3-4-12)15-6-16/h5H,3-4H2,1-2H3. The van der Waals surface area contributed by atoms with Crippen LogP contribution in [0.1, 0.15) is 18.4 Å². The third kappa shape index (κ3) is 1.91. The molecule has 0 bridgehead atoms. The lowest BCUT2D eigenvalue weighted by molar-refractivity contribution is 0.334. The van der Waals surface area contributed by atoms with Crippen molar-refractivity contribution < 1.29 is 18.7 Å². The fourth-order valence-corrected chi connectivity index (χ4v) is 2.72. The highest BCUT2D eigenvalue weighted by molar-refractivity contribution is 9.10. The molecule has 0 N–H and O–H groups in total. The van der Waals surface area contributed by atoms with Crippen LogP contribution in [0, 0.1) is 5.82 Å². The van der Waals surface area contributed by atoms with Crippen molar-refractivity contribution in [1.82, 2.24) is 0 Å². The molecule has 1 saturated carbocycles. The molecule has 6 heteroatoms. The Balaban J connectivity index is 2.65. The van der Waals surface area contributed by atoms with Crippen LogP contribution in [0.5, 0.6) is 11.5 Å². The number of benzene rings is 1. The van der Waals surface area contributed by atoms with Gasteiger partial charge in [0, 0.05) is 10.0 Å². The van der Waals surface area contributed by atoms with E-state index in [1.165, 1.54) is 20.3 Å². The second-order valence-corrected chi connectivity index (χ2v) is 4.87. The van der Waals surface area contributed by atoms with E-state index in [4.69, 9.17) is 9.47 Å². The maximum atomic E-state index is 14.4. The lowest BCUT2D eigenvalue weighted by Crippen LogP contribution is -2.09. The van der Waals surface area contributed by atoms with Crippen molar-refractivity contribution in [2.75, 3.05) is 14.2 Å². The van der Waals surface area contributed by atoms with Crippen molar-refractivity contribution in [2.45, 2.75) is 18.4 Å². The van der Waals surface area contributed by atoms with Crippen LogP contribution in [0.3, 0.4) is 0 Å². The van der Waals surface area contributed by atoms with E-state index in [1.807, 2.05) is 0 Å². The molecule has 0 heterocycles. The van der Waals surface area contributed by atoms with Gasteiger partial charge in [0.05, 0.1) is 14.2 Å². The van der Waals surface area contributed by atoms with Gasteiger partial charge >= 0.3 is 0 Å². The predicted octanol–water partition coefficient (Wildman–Crippen LogP) is 2.93. The van der Waals surface area contributed by atoms with Gasteiger partial charge in [0.15, 0.2) is 17.3 Å². The quantitative estimate of drug-likeness (QED) is 0.634. The molecule has 1 aliphatic carbocycles. The molecule has 96 valence electrons. The molecule has 2 rings (SSSR count). The summed E-state index contributed by atoms with van der Waals surface area (Å²) < 4.78 is 25.0. The number of nitrogens with zero attached hydrogens (tertiary/aromatic N) is 1. The zero-order valence-corrected chi connectivity index (χ0v) is 11.5. The van der Waals surface area contributed by atoms with Crippen LogP contribution in [-0.2, 0) is 10.3 Å². The summed E-state index contributed by atoms with van der Waals surface area (Å²) in [7, 11) is 2.79. The van der Waals surface area contributed by atoms with Crippen LogP contribution < -0.4 is 9.47 Å². The SMILES string of the molecule is COc1cc(Br)c(C2(N=C=O)CC2)c(F)c1OC. The van der Waals surface area contributed by atoms with Gasteiger partial charge in [-0.05, 0) is 18.9 Å². The number of methoxy groups -OCH3 is 2. The zero-order valence-electron chi connectivity index (χ0n) is 9.92. The monoisotopic (exact) mass is 315 g/mol. The molecule has 0 amide bonds. The van der Waals surface area contributed by atoms with Crippen molar-refractivity contribution in [2.24, 2.45) is 4.99 Å². The Hall–Kier alpha value is -1.39. The van der Waals surface area contributed by atoms with E-state index in [-0.39, 0.29) is 11.5 Å². The Bertz CT molecular complexity index is 537. The number of halogens is 2. The van der Waals surface area contributed by atoms with Crippen LogP contribution in [0.15, 0.2) is 15.5 Å². The smallest absolute Gasteiger partial charge is 0.235 e. The van der Waals surface area contributed by atoms with E-state index >= 15 is 0 Å². The molecule has 0 aromatic heterocycles. The number of isocyanates is 1. The second kappa shape index (κ2) is 4.71. The maximum Gasteiger partial charge on any atom is 0.235 e. The summed E-state index contributed by atoms with van der Waals surface area (Å²) >= 11 is 3.28. The molecule has 1 fully saturated rings. The summed E-state index contributed by atoms with van der Waals surface area (Å²) in [5, 5.41) is 0. The van der Waals surface area contributed by atoms with Crippen molar-refractivity contribution >= 4 is 22.0 Å². The Morgan fingerprint density at radius 1 is 1.44 bits per heavy atom. The largest absolute Gasteiger partial charge is 0.493 e. The Morgan fingerprint density at radius 3 is 2.56 bits per heavy atom. The summed E-state index contributed by atoms with van der Waals surface area (Å²) in [4.78, 5) is 14.2. The molecular formula is C12H11BrFNO3. The van der Waals surface area contributed by atoms with Gasteiger partial charge in [-0.3, -0.25) is 0 Å². The van der Waals surface area contributed by atoms with E-state index in [1.54, 1.807) is 6.07 Å². The molecule has 0 radical (unpaired) electrons. The zero-order chi connectivity index (χ0) is 13.3. The van der Waals surface area contributed by atoms with Crippen LogP contribution in [0.4, 0.5) is 4.39 Å². The number of rotatable bonds is 4. The summed E-state index contributed by atoms with van der Waals surface area (Å²) in [6.45, 7) is 0. The maximum absolute atomic E-state index is 14.4. The van der Waals surface area contributed by atoms with Crippen LogP contribution in [0.2, 0.25) is 0 Å². The Kier molecular flexibility index (Phi) is 3.41. The van der Waals surface area contributed by atoms with E-state index in [0.717, 1.165) is 0 Å². The molecule has 0 unspecified atom stereocenters. The molecule has 4 nitrogen and oxygen atoms in total. The van der Waals surface area contributed by atoms with Gasteiger partial charge in [0.1, 0.15) is 5.54 Å². The first-order valence-corrected chi connectivity index (χ1v) is 6.08. The predicted molar refractivity (Wildman–Crippen MR) is 66.2 cm³/mol. The summed E-state index contributed by atoms with van der Waals surface area (Å²) in [5.41, 5.74) is -0.479. The number of hydrogen-bond acceptors (Lipinski definition) is 4. The average molecular weight is 316 g/mol. The minimum Gasteiger partial charge on any atom is -0.493 e. The van der Waals surface area contributed by atoms with Crippen molar-refractivity contribution in [3.05, 3.63) is 21.9 Å². The fourth-order valence-electron chi connectivity index (χ4n) is 1.97. The van der Waals surface area contributed by atoms with Gasteiger partial charge in [-0.1, -0.05) is 15.9 Å². The molecule has 0 spiro atoms. The van der Waals surface area contributed by atoms with Crippen LogP contribution in [-0.4, -0.2) is 20.3 Å². The first-order chi connectivity index (χ1) is 8.59. The minimum atomic E-state index is -0.801. The third-order valence-electron chi connectivity index (χ3n) is 3.01. The van der Waals surface area contributed by atoms with E-state index in [9.17, 15) is 9.18 Å². The lowest BCUT2D eigenvalue weighted by atomic mass is 10.0. The number of ether oxygens (including phenoxy) is 2. The molecule has 0 atom stereocenters. The van der Waals surface area contributed by atoms with E-state index < -0.39 is 11.4 Å². The first kappa shape index (κ1) is 13.1. The van der Waals surface area contributed by atoms with E-state index in [2.05, 4.69) is 20.9 Å². The highest BCUT2D eigenvalue weighted by Crippen LogP contribution is 2.54. The first-order valence-electron chi connectivity index (χ1n) is 5.29. The van der Waals surface area contributed by atoms with E-state index in [0.29, 0.717) is 22.9 Å². The van der Waals surface area contributed by atoms with Gasteiger partial charge in [-0.25, -0.2) is 9.18 Å². The molecule has 1 aromatic carbocycles. The second-order valence-electron chi connectivity index (χ2n) is 4.02. The molecule has 18 heavy (non-hydrogen) atoms. The highest BCUT2D eigenvalue weighted by Gasteiger charge is 2.49. The summed E-state index contributed by atoms with van der Waals surface area (Å²) in [6, 6.07) is 1.61. The highest BCUT2D eigenvalue weighted by atomic mass is 79.9. The van der Waals surface area contributed by atoms with Crippen LogP contribution >= 0.6 is 15.9 Å². The lowest BCUT2D eigenvalue weighted by Gasteiger charge is -2.17. The van der Waals surface area contributed by atoms with Gasteiger partial charge < -0.3 is 9.47 Å². The van der Waals surface area contributed by atoms with Gasteiger partial charge in [-0.2, -0.15) is 4.99 Å². The molecular weight excluding hydrogens is 305 g/mol. The molecule has 1 aliphatic rings. The summed E-state index contributed by atoms with van der Waals surface area (Å²) in [5.74, 6) is -0.250. The topological polar surface area (TPSA) is 47.9 Å². The number of aliphatic imine (C=N–C) groups is 1. The van der Waals surface area contributed by atoms with Crippen molar-refractivity contribution in [3.8, 4) is 11.5 Å². The Labute approximate surface area is 112 Å². The Morgan fingerprint density at radius 2 is 2.11 bits per heavy atom. The van der Waals surface area contributed by atoms with Gasteiger partial charge in [-0.15, -0.1) is 0 Å².